The fourth-order valence-corrected chi connectivity index (χ4v) is 6.18. The molecule has 3 aromatic rings. The van der Waals surface area contributed by atoms with Gasteiger partial charge in [-0.25, -0.2) is 15.0 Å². The van der Waals surface area contributed by atoms with Crippen LogP contribution in [0.3, 0.4) is 0 Å². The number of aryl methyl sites for hydroxylation is 2. The summed E-state index contributed by atoms with van der Waals surface area (Å²) in [6, 6.07) is 0.400. The average molecular weight is 386 g/mol. The summed E-state index contributed by atoms with van der Waals surface area (Å²) in [5, 5.41) is 4.63. The van der Waals surface area contributed by atoms with Crippen LogP contribution in [0.4, 0.5) is 5.82 Å². The van der Waals surface area contributed by atoms with Crippen LogP contribution in [0.2, 0.25) is 0 Å². The van der Waals surface area contributed by atoms with Crippen LogP contribution in [0.1, 0.15) is 41.3 Å². The molecule has 0 N–H and O–H groups in total. The van der Waals surface area contributed by atoms with Crippen molar-refractivity contribution in [1.82, 2.24) is 19.9 Å². The van der Waals surface area contributed by atoms with Gasteiger partial charge in [-0.2, -0.15) is 0 Å². The molecule has 0 radical (unpaired) electrons. The summed E-state index contributed by atoms with van der Waals surface area (Å²) in [7, 11) is 0. The lowest BCUT2D eigenvalue weighted by molar-refractivity contribution is 0.198. The number of nitrogens with zero attached hydrogens (tertiary/aromatic N) is 5. The van der Waals surface area contributed by atoms with Crippen LogP contribution < -0.4 is 4.90 Å². The number of hydrogen-bond donors (Lipinski definition) is 0. The molecule has 4 heterocycles. The molecule has 1 unspecified atom stereocenters. The summed E-state index contributed by atoms with van der Waals surface area (Å²) >= 11 is 3.64. The number of thiophene rings is 1. The summed E-state index contributed by atoms with van der Waals surface area (Å²) in [6.07, 6.45) is 8.68. The van der Waals surface area contributed by atoms with Gasteiger partial charge in [-0.15, -0.1) is 22.7 Å². The highest BCUT2D eigenvalue weighted by Crippen LogP contribution is 2.39. The Morgan fingerprint density at radius 3 is 2.69 bits per heavy atom. The monoisotopic (exact) mass is 385 g/mol. The molecule has 1 atom stereocenters. The Morgan fingerprint density at radius 1 is 1.04 bits per heavy atom. The Hall–Kier alpha value is -1.57. The van der Waals surface area contributed by atoms with Crippen LogP contribution in [0.5, 0.6) is 0 Å². The minimum atomic E-state index is 0.400. The van der Waals surface area contributed by atoms with E-state index in [0.717, 1.165) is 32.0 Å². The molecule has 5 rings (SSSR count). The maximum absolute atomic E-state index is 4.72. The summed E-state index contributed by atoms with van der Waals surface area (Å²) in [5.74, 6) is 1.16. The van der Waals surface area contributed by atoms with Crippen molar-refractivity contribution in [1.29, 1.82) is 0 Å². The molecule has 26 heavy (non-hydrogen) atoms. The second kappa shape index (κ2) is 6.87. The summed E-state index contributed by atoms with van der Waals surface area (Å²) in [4.78, 5) is 21.5. The molecule has 0 spiro atoms. The normalized spacial score (nSPS) is 19.7. The molecular formula is C19H23N5S2. The highest BCUT2D eigenvalue weighted by Gasteiger charge is 2.27. The van der Waals surface area contributed by atoms with E-state index >= 15 is 0 Å². The Kier molecular flexibility index (Phi) is 4.38. The highest BCUT2D eigenvalue weighted by atomic mass is 32.1. The van der Waals surface area contributed by atoms with Gasteiger partial charge in [-0.05, 0) is 38.2 Å². The third-order valence-electron chi connectivity index (χ3n) is 5.70. The molecule has 136 valence electrons. The smallest absolute Gasteiger partial charge is 0.141 e. The third kappa shape index (κ3) is 2.82. The SMILES string of the molecule is CC(c1nccs1)N1CCN(c2ncnc3sc4c(c23)CCCC4)CC1. The van der Waals surface area contributed by atoms with E-state index in [1.54, 1.807) is 22.5 Å². The fraction of sp³-hybridized carbons (Fsp3) is 0.526. The van der Waals surface area contributed by atoms with Crippen molar-refractivity contribution in [2.75, 3.05) is 31.1 Å². The van der Waals surface area contributed by atoms with Gasteiger partial charge in [-0.3, -0.25) is 4.90 Å². The number of hydrogen-bond acceptors (Lipinski definition) is 7. The molecule has 0 amide bonds. The first kappa shape index (κ1) is 16.6. The zero-order chi connectivity index (χ0) is 17.5. The fourth-order valence-electron chi connectivity index (χ4n) is 4.23. The van der Waals surface area contributed by atoms with E-state index in [0.29, 0.717) is 6.04 Å². The second-order valence-electron chi connectivity index (χ2n) is 7.16. The lowest BCUT2D eigenvalue weighted by atomic mass is 9.97. The van der Waals surface area contributed by atoms with Gasteiger partial charge in [0.05, 0.1) is 11.4 Å². The molecule has 0 aromatic carbocycles. The molecule has 2 aliphatic rings. The van der Waals surface area contributed by atoms with E-state index in [2.05, 4.69) is 32.1 Å². The highest BCUT2D eigenvalue weighted by molar-refractivity contribution is 7.19. The predicted octanol–water partition coefficient (Wildman–Crippen LogP) is 3.91. The van der Waals surface area contributed by atoms with Gasteiger partial charge >= 0.3 is 0 Å². The Bertz CT molecular complexity index is 896. The Morgan fingerprint density at radius 2 is 1.88 bits per heavy atom. The Balaban J connectivity index is 1.39. The van der Waals surface area contributed by atoms with Gasteiger partial charge in [0.25, 0.3) is 0 Å². The molecule has 1 aliphatic heterocycles. The third-order valence-corrected chi connectivity index (χ3v) is 7.85. The van der Waals surface area contributed by atoms with Crippen LogP contribution in [0.25, 0.3) is 10.2 Å². The topological polar surface area (TPSA) is 45.2 Å². The first-order valence-electron chi connectivity index (χ1n) is 9.45. The van der Waals surface area contributed by atoms with Crippen LogP contribution in [-0.2, 0) is 12.8 Å². The van der Waals surface area contributed by atoms with E-state index in [1.807, 2.05) is 17.5 Å². The van der Waals surface area contributed by atoms with Gasteiger partial charge in [-0.1, -0.05) is 0 Å². The maximum atomic E-state index is 4.72. The zero-order valence-corrected chi connectivity index (χ0v) is 16.7. The van der Waals surface area contributed by atoms with Gasteiger partial charge in [0, 0.05) is 42.6 Å². The number of rotatable bonds is 3. The first-order chi connectivity index (χ1) is 12.8. The lowest BCUT2D eigenvalue weighted by Crippen LogP contribution is -2.47. The quantitative estimate of drug-likeness (QED) is 0.684. The molecule has 3 aromatic heterocycles. The van der Waals surface area contributed by atoms with Crippen molar-refractivity contribution in [3.63, 3.8) is 0 Å². The van der Waals surface area contributed by atoms with Crippen molar-refractivity contribution >= 4 is 38.7 Å². The molecule has 0 saturated carbocycles. The second-order valence-corrected chi connectivity index (χ2v) is 9.17. The predicted molar refractivity (Wildman–Crippen MR) is 108 cm³/mol. The molecule has 5 nitrogen and oxygen atoms in total. The van der Waals surface area contributed by atoms with E-state index in [-0.39, 0.29) is 0 Å². The van der Waals surface area contributed by atoms with Gasteiger partial charge in [0.2, 0.25) is 0 Å². The van der Waals surface area contributed by atoms with E-state index in [4.69, 9.17) is 4.98 Å². The molecule has 1 fully saturated rings. The number of anilines is 1. The largest absolute Gasteiger partial charge is 0.353 e. The van der Waals surface area contributed by atoms with Crippen molar-refractivity contribution < 1.29 is 0 Å². The van der Waals surface area contributed by atoms with Crippen molar-refractivity contribution in [2.45, 2.75) is 38.6 Å². The number of fused-ring (bicyclic) bond motifs is 3. The minimum absolute atomic E-state index is 0.400. The van der Waals surface area contributed by atoms with E-state index in [9.17, 15) is 0 Å². The average Bonchev–Trinajstić information content (AvgIpc) is 3.35. The summed E-state index contributed by atoms with van der Waals surface area (Å²) < 4.78 is 0. The standard InChI is InChI=1S/C19H23N5S2/c1-13(18-20-6-11-25-18)23-7-9-24(10-8-23)17-16-14-4-2-3-5-15(14)26-19(16)22-12-21-17/h6,11-13H,2-5,7-10H2,1H3. The summed E-state index contributed by atoms with van der Waals surface area (Å²) in [6.45, 7) is 6.42. The number of piperazine rings is 1. The first-order valence-corrected chi connectivity index (χ1v) is 11.1. The van der Waals surface area contributed by atoms with Crippen LogP contribution in [0, 0.1) is 0 Å². The van der Waals surface area contributed by atoms with Crippen LogP contribution in [-0.4, -0.2) is 46.0 Å². The Labute approximate surface area is 161 Å². The summed E-state index contributed by atoms with van der Waals surface area (Å²) in [5.41, 5.74) is 1.53. The molecule has 1 saturated heterocycles. The minimum Gasteiger partial charge on any atom is -0.353 e. The lowest BCUT2D eigenvalue weighted by Gasteiger charge is -2.38. The number of thiazole rings is 1. The van der Waals surface area contributed by atoms with Crippen molar-refractivity contribution in [3.05, 3.63) is 33.4 Å². The van der Waals surface area contributed by atoms with Crippen molar-refractivity contribution in [3.8, 4) is 0 Å². The zero-order valence-electron chi connectivity index (χ0n) is 15.0. The van der Waals surface area contributed by atoms with E-state index < -0.39 is 0 Å². The van der Waals surface area contributed by atoms with Crippen molar-refractivity contribution in [2.24, 2.45) is 0 Å². The van der Waals surface area contributed by atoms with Gasteiger partial charge < -0.3 is 4.90 Å². The van der Waals surface area contributed by atoms with Crippen LogP contribution in [0.15, 0.2) is 17.9 Å². The number of aromatic nitrogens is 3. The molecule has 0 bridgehead atoms. The van der Waals surface area contributed by atoms with E-state index in [1.165, 1.54) is 46.5 Å². The molecule has 7 heteroatoms. The van der Waals surface area contributed by atoms with Crippen LogP contribution >= 0.6 is 22.7 Å². The maximum Gasteiger partial charge on any atom is 0.141 e. The molecule has 1 aliphatic carbocycles. The van der Waals surface area contributed by atoms with Gasteiger partial charge in [0.1, 0.15) is 22.0 Å². The van der Waals surface area contributed by atoms with Gasteiger partial charge in [0.15, 0.2) is 0 Å². The molecular weight excluding hydrogens is 362 g/mol.